The van der Waals surface area contributed by atoms with E-state index in [-0.39, 0.29) is 6.10 Å². The van der Waals surface area contributed by atoms with Crippen molar-refractivity contribution in [2.75, 3.05) is 44.7 Å². The molecule has 1 N–H and O–H groups in total. The summed E-state index contributed by atoms with van der Waals surface area (Å²) < 4.78 is 11.6. The average Bonchev–Trinajstić information content (AvgIpc) is 3.15. The number of ether oxygens (including phenoxy) is 2. The van der Waals surface area contributed by atoms with Crippen LogP contribution in [0.4, 0.5) is 5.82 Å². The number of fused-ring (bicyclic) bond motifs is 1. The van der Waals surface area contributed by atoms with Crippen molar-refractivity contribution in [3.05, 3.63) is 47.7 Å². The Labute approximate surface area is 178 Å². The molecule has 4 rings (SSSR count). The van der Waals surface area contributed by atoms with E-state index in [0.29, 0.717) is 6.54 Å². The van der Waals surface area contributed by atoms with Crippen LogP contribution in [-0.4, -0.2) is 61.8 Å². The van der Waals surface area contributed by atoms with Crippen molar-refractivity contribution in [2.24, 2.45) is 4.99 Å². The molecule has 3 heterocycles. The number of nitrogens with one attached hydrogen (secondary N) is 1. The van der Waals surface area contributed by atoms with Gasteiger partial charge in [-0.25, -0.2) is 9.98 Å². The van der Waals surface area contributed by atoms with Crippen LogP contribution in [0.3, 0.4) is 0 Å². The van der Waals surface area contributed by atoms with Crippen molar-refractivity contribution in [1.82, 2.24) is 15.2 Å². The number of rotatable bonds is 5. The van der Waals surface area contributed by atoms with Crippen LogP contribution in [-0.2, 0) is 13.0 Å². The molecule has 1 atom stereocenters. The van der Waals surface area contributed by atoms with Gasteiger partial charge in [0.25, 0.3) is 0 Å². The quantitative estimate of drug-likeness (QED) is 0.605. The molecular formula is C23H31N5O2. The van der Waals surface area contributed by atoms with Crippen LogP contribution < -0.4 is 19.7 Å². The molecule has 1 saturated heterocycles. The molecule has 0 saturated carbocycles. The van der Waals surface area contributed by atoms with Gasteiger partial charge in [0.1, 0.15) is 23.4 Å². The summed E-state index contributed by atoms with van der Waals surface area (Å²) in [6.07, 6.45) is 3.00. The van der Waals surface area contributed by atoms with Crippen LogP contribution in [0.15, 0.2) is 41.5 Å². The maximum absolute atomic E-state index is 5.93. The lowest BCUT2D eigenvalue weighted by atomic mass is 10.1. The van der Waals surface area contributed by atoms with Gasteiger partial charge in [0.05, 0.1) is 13.7 Å². The Bertz CT molecular complexity index is 879. The highest BCUT2D eigenvalue weighted by molar-refractivity contribution is 5.80. The van der Waals surface area contributed by atoms with Gasteiger partial charge in [0.2, 0.25) is 0 Å². The monoisotopic (exact) mass is 409 g/mol. The number of nitrogens with zero attached hydrogens (tertiary/aromatic N) is 4. The first-order chi connectivity index (χ1) is 14.7. The van der Waals surface area contributed by atoms with E-state index < -0.39 is 0 Å². The van der Waals surface area contributed by atoms with Gasteiger partial charge in [0, 0.05) is 56.5 Å². The van der Waals surface area contributed by atoms with Crippen molar-refractivity contribution in [1.29, 1.82) is 0 Å². The van der Waals surface area contributed by atoms with E-state index >= 15 is 0 Å². The second-order valence-electron chi connectivity index (χ2n) is 7.74. The van der Waals surface area contributed by atoms with Crippen LogP contribution in [0, 0.1) is 0 Å². The summed E-state index contributed by atoms with van der Waals surface area (Å²) in [5.74, 6) is 3.82. The van der Waals surface area contributed by atoms with Crippen molar-refractivity contribution < 1.29 is 9.47 Å². The number of hydrogen-bond donors (Lipinski definition) is 1. The maximum atomic E-state index is 5.93. The molecule has 2 aliphatic rings. The van der Waals surface area contributed by atoms with Crippen molar-refractivity contribution in [2.45, 2.75) is 32.9 Å². The summed E-state index contributed by atoms with van der Waals surface area (Å²) in [6.45, 7) is 9.25. The van der Waals surface area contributed by atoms with Crippen LogP contribution in [0.25, 0.3) is 0 Å². The van der Waals surface area contributed by atoms with Gasteiger partial charge in [-0.05, 0) is 38.1 Å². The van der Waals surface area contributed by atoms with Crippen molar-refractivity contribution in [3.63, 3.8) is 0 Å². The van der Waals surface area contributed by atoms with E-state index in [1.165, 1.54) is 5.56 Å². The lowest BCUT2D eigenvalue weighted by molar-refractivity contribution is 0.254. The minimum atomic E-state index is 0.219. The summed E-state index contributed by atoms with van der Waals surface area (Å²) in [7, 11) is 1.72. The van der Waals surface area contributed by atoms with E-state index in [0.717, 1.165) is 68.0 Å². The number of piperazine rings is 1. The first-order valence-electron chi connectivity index (χ1n) is 10.7. The normalized spacial score (nSPS) is 18.8. The molecule has 0 radical (unpaired) electrons. The zero-order chi connectivity index (χ0) is 20.9. The number of anilines is 1. The molecule has 2 aliphatic heterocycles. The molecule has 7 heteroatoms. The summed E-state index contributed by atoms with van der Waals surface area (Å²) in [4.78, 5) is 14.0. The number of methoxy groups -OCH3 is 1. The zero-order valence-corrected chi connectivity index (χ0v) is 18.1. The Morgan fingerprint density at radius 2 is 2.10 bits per heavy atom. The minimum Gasteiger partial charge on any atom is -0.496 e. The summed E-state index contributed by atoms with van der Waals surface area (Å²) in [5.41, 5.74) is 2.26. The molecular weight excluding hydrogens is 378 g/mol. The van der Waals surface area contributed by atoms with Gasteiger partial charge in [-0.2, -0.15) is 0 Å². The SMILES string of the molecule is CCNC(=NCc1cc2c(cc1OC)CC(C)O2)N1CCN(c2ccccn2)CC1. The van der Waals surface area contributed by atoms with E-state index in [9.17, 15) is 0 Å². The largest absolute Gasteiger partial charge is 0.496 e. The molecule has 160 valence electrons. The van der Waals surface area contributed by atoms with Crippen LogP contribution >= 0.6 is 0 Å². The Morgan fingerprint density at radius 3 is 2.80 bits per heavy atom. The van der Waals surface area contributed by atoms with Crippen LogP contribution in [0.2, 0.25) is 0 Å². The average molecular weight is 410 g/mol. The third kappa shape index (κ3) is 4.45. The Morgan fingerprint density at radius 1 is 1.27 bits per heavy atom. The van der Waals surface area contributed by atoms with E-state index in [2.05, 4.69) is 52.1 Å². The Kier molecular flexibility index (Phi) is 6.26. The molecule has 30 heavy (non-hydrogen) atoms. The molecule has 7 nitrogen and oxygen atoms in total. The lowest BCUT2D eigenvalue weighted by Gasteiger charge is -2.37. The number of aromatic nitrogens is 1. The highest BCUT2D eigenvalue weighted by atomic mass is 16.5. The van der Waals surface area contributed by atoms with Crippen molar-refractivity contribution in [3.8, 4) is 11.5 Å². The third-order valence-electron chi connectivity index (χ3n) is 5.59. The first-order valence-corrected chi connectivity index (χ1v) is 10.7. The fraction of sp³-hybridized carbons (Fsp3) is 0.478. The minimum absolute atomic E-state index is 0.219. The second kappa shape index (κ2) is 9.24. The van der Waals surface area contributed by atoms with Gasteiger partial charge < -0.3 is 24.6 Å². The van der Waals surface area contributed by atoms with Crippen LogP contribution in [0.5, 0.6) is 11.5 Å². The number of benzene rings is 1. The molecule has 0 amide bonds. The number of guanidine groups is 1. The fourth-order valence-electron chi connectivity index (χ4n) is 4.07. The van der Waals surface area contributed by atoms with Gasteiger partial charge in [-0.15, -0.1) is 0 Å². The molecule has 0 spiro atoms. The predicted molar refractivity (Wildman–Crippen MR) is 120 cm³/mol. The highest BCUT2D eigenvalue weighted by Gasteiger charge is 2.23. The molecule has 2 aromatic rings. The summed E-state index contributed by atoms with van der Waals surface area (Å²) in [5, 5.41) is 3.44. The van der Waals surface area contributed by atoms with E-state index in [1.54, 1.807) is 7.11 Å². The van der Waals surface area contributed by atoms with Gasteiger partial charge in [-0.3, -0.25) is 0 Å². The van der Waals surface area contributed by atoms with Gasteiger partial charge in [0.15, 0.2) is 5.96 Å². The molecule has 1 aromatic heterocycles. The molecule has 0 bridgehead atoms. The topological polar surface area (TPSA) is 62.2 Å². The molecule has 1 fully saturated rings. The number of pyridine rings is 1. The summed E-state index contributed by atoms with van der Waals surface area (Å²) in [6, 6.07) is 10.2. The van der Waals surface area contributed by atoms with Gasteiger partial charge in [-0.1, -0.05) is 6.07 Å². The Balaban J connectivity index is 1.45. The highest BCUT2D eigenvalue weighted by Crippen LogP contribution is 2.35. The second-order valence-corrected chi connectivity index (χ2v) is 7.74. The third-order valence-corrected chi connectivity index (χ3v) is 5.59. The maximum Gasteiger partial charge on any atom is 0.194 e. The zero-order valence-electron chi connectivity index (χ0n) is 18.1. The number of hydrogen-bond acceptors (Lipinski definition) is 5. The summed E-state index contributed by atoms with van der Waals surface area (Å²) >= 11 is 0. The van der Waals surface area contributed by atoms with Crippen molar-refractivity contribution >= 4 is 11.8 Å². The lowest BCUT2D eigenvalue weighted by Crippen LogP contribution is -2.52. The fourth-order valence-corrected chi connectivity index (χ4v) is 4.07. The molecule has 1 aromatic carbocycles. The standard InChI is InChI=1S/C23H31N5O2/c1-4-24-23(28-11-9-27(10-12-28)22-7-5-6-8-25-22)26-16-19-15-21-18(13-17(2)30-21)14-20(19)29-3/h5-8,14-15,17H,4,9-13,16H2,1-3H3,(H,24,26). The van der Waals surface area contributed by atoms with Gasteiger partial charge >= 0.3 is 0 Å². The van der Waals surface area contributed by atoms with E-state index in [4.69, 9.17) is 14.5 Å². The number of aliphatic imine (C=N–C) groups is 1. The molecule has 0 aliphatic carbocycles. The smallest absolute Gasteiger partial charge is 0.194 e. The predicted octanol–water partition coefficient (Wildman–Crippen LogP) is 2.70. The van der Waals surface area contributed by atoms with E-state index in [1.807, 2.05) is 18.3 Å². The molecule has 1 unspecified atom stereocenters. The van der Waals surface area contributed by atoms with Crippen LogP contribution in [0.1, 0.15) is 25.0 Å². The first kappa shape index (κ1) is 20.3. The Hall–Kier alpha value is -2.96.